The van der Waals surface area contributed by atoms with E-state index in [1.54, 1.807) is 20.8 Å². The molecule has 0 radical (unpaired) electrons. The lowest BCUT2D eigenvalue weighted by atomic mass is 10.0. The number of ether oxygens (including phenoxy) is 1. The number of amides is 1. The highest BCUT2D eigenvalue weighted by Crippen LogP contribution is 2.36. The van der Waals surface area contributed by atoms with Crippen LogP contribution < -0.4 is 5.32 Å². The topological polar surface area (TPSA) is 55.4 Å². The fourth-order valence-electron chi connectivity index (χ4n) is 2.43. The summed E-state index contributed by atoms with van der Waals surface area (Å²) in [6.45, 7) is 11.1. The van der Waals surface area contributed by atoms with Crippen molar-refractivity contribution in [2.75, 3.05) is 5.32 Å². The van der Waals surface area contributed by atoms with E-state index in [1.807, 2.05) is 20.8 Å². The summed E-state index contributed by atoms with van der Waals surface area (Å²) in [6, 6.07) is 2.64. The molecule has 0 aliphatic carbocycles. The number of thioether (sulfide) groups is 1. The minimum atomic E-state index is -0.603. The number of anilines is 1. The Morgan fingerprint density at radius 3 is 2.26 bits per heavy atom. The predicted octanol–water partition coefficient (Wildman–Crippen LogP) is 6.07. The van der Waals surface area contributed by atoms with Gasteiger partial charge in [-0.15, -0.1) is 11.8 Å². The number of carbonyl (C=O) groups excluding carboxylic acids is 2. The summed E-state index contributed by atoms with van der Waals surface area (Å²) in [5.41, 5.74) is -0.524. The lowest BCUT2D eigenvalue weighted by Gasteiger charge is -2.23. The standard InChI is InChI=1S/C20H29ClFNO3S/c1-7-12(8-2)18(24)23-15-11-17(13(21)10-14(15)22)27-16(9-3)19(25)26-20(4,5)6/h10-12,16H,7-9H2,1-6H3,(H,23,24). The van der Waals surface area contributed by atoms with Gasteiger partial charge in [-0.3, -0.25) is 9.59 Å². The molecule has 1 aromatic rings. The van der Waals surface area contributed by atoms with Crippen LogP contribution >= 0.6 is 23.4 Å². The first-order valence-corrected chi connectivity index (χ1v) is 10.5. The Hall–Kier alpha value is -1.27. The van der Waals surface area contributed by atoms with Crippen molar-refractivity contribution >= 4 is 40.9 Å². The van der Waals surface area contributed by atoms with Crippen molar-refractivity contribution in [3.05, 3.63) is 23.0 Å². The Labute approximate surface area is 170 Å². The number of nitrogens with one attached hydrogen (secondary N) is 1. The Morgan fingerprint density at radius 2 is 1.78 bits per heavy atom. The molecule has 1 unspecified atom stereocenters. The van der Waals surface area contributed by atoms with Crippen molar-refractivity contribution < 1.29 is 18.7 Å². The van der Waals surface area contributed by atoms with Crippen LogP contribution in [0, 0.1) is 11.7 Å². The van der Waals surface area contributed by atoms with Crippen LogP contribution in [0.2, 0.25) is 5.02 Å². The largest absolute Gasteiger partial charge is 0.459 e. The van der Waals surface area contributed by atoms with Gasteiger partial charge in [0.1, 0.15) is 16.7 Å². The van der Waals surface area contributed by atoms with Gasteiger partial charge in [-0.25, -0.2) is 4.39 Å². The van der Waals surface area contributed by atoms with Gasteiger partial charge in [-0.05, 0) is 52.2 Å². The Bertz CT molecular complexity index is 672. The number of rotatable bonds is 8. The highest BCUT2D eigenvalue weighted by atomic mass is 35.5. The van der Waals surface area contributed by atoms with Gasteiger partial charge in [0.05, 0.1) is 10.7 Å². The number of halogens is 2. The van der Waals surface area contributed by atoms with Gasteiger partial charge in [-0.2, -0.15) is 0 Å². The average molecular weight is 418 g/mol. The van der Waals surface area contributed by atoms with Crippen LogP contribution in [-0.4, -0.2) is 22.7 Å². The molecule has 1 rings (SSSR count). The van der Waals surface area contributed by atoms with Crippen molar-refractivity contribution in [2.45, 2.75) is 76.6 Å². The van der Waals surface area contributed by atoms with E-state index in [0.29, 0.717) is 24.2 Å². The second-order valence-electron chi connectivity index (χ2n) is 7.31. The van der Waals surface area contributed by atoms with Crippen molar-refractivity contribution in [2.24, 2.45) is 5.92 Å². The van der Waals surface area contributed by atoms with E-state index >= 15 is 0 Å². The zero-order valence-electron chi connectivity index (χ0n) is 16.8. The highest BCUT2D eigenvalue weighted by molar-refractivity contribution is 8.00. The van der Waals surface area contributed by atoms with Gasteiger partial charge in [0.2, 0.25) is 5.91 Å². The molecule has 0 bridgehead atoms. The molecular formula is C20H29ClFNO3S. The maximum atomic E-state index is 14.3. The molecule has 0 aliphatic rings. The van der Waals surface area contributed by atoms with Crippen LogP contribution in [0.4, 0.5) is 10.1 Å². The second kappa shape index (κ2) is 10.3. The molecule has 0 fully saturated rings. The lowest BCUT2D eigenvalue weighted by molar-refractivity contribution is -0.154. The van der Waals surface area contributed by atoms with Crippen LogP contribution in [-0.2, 0) is 14.3 Å². The maximum absolute atomic E-state index is 14.3. The molecule has 0 saturated carbocycles. The minimum Gasteiger partial charge on any atom is -0.459 e. The summed E-state index contributed by atoms with van der Waals surface area (Å²) < 4.78 is 19.7. The first-order chi connectivity index (χ1) is 12.5. The smallest absolute Gasteiger partial charge is 0.319 e. The van der Waals surface area contributed by atoms with Gasteiger partial charge in [-0.1, -0.05) is 32.4 Å². The van der Waals surface area contributed by atoms with Gasteiger partial charge in [0, 0.05) is 10.8 Å². The molecule has 0 heterocycles. The van der Waals surface area contributed by atoms with Crippen LogP contribution in [0.3, 0.4) is 0 Å². The van der Waals surface area contributed by atoms with Crippen LogP contribution in [0.5, 0.6) is 0 Å². The average Bonchev–Trinajstić information content (AvgIpc) is 2.55. The molecule has 27 heavy (non-hydrogen) atoms. The van der Waals surface area contributed by atoms with Crippen LogP contribution in [0.25, 0.3) is 0 Å². The minimum absolute atomic E-state index is 0.0674. The van der Waals surface area contributed by atoms with Gasteiger partial charge < -0.3 is 10.1 Å². The maximum Gasteiger partial charge on any atom is 0.319 e. The number of carbonyl (C=O) groups is 2. The Morgan fingerprint density at radius 1 is 1.19 bits per heavy atom. The fourth-order valence-corrected chi connectivity index (χ4v) is 3.69. The van der Waals surface area contributed by atoms with E-state index in [9.17, 15) is 14.0 Å². The highest BCUT2D eigenvalue weighted by Gasteiger charge is 2.26. The molecule has 7 heteroatoms. The first kappa shape index (κ1) is 23.8. The number of hydrogen-bond acceptors (Lipinski definition) is 4. The predicted molar refractivity (Wildman–Crippen MR) is 110 cm³/mol. The number of benzene rings is 1. The molecule has 1 amide bonds. The SMILES string of the molecule is CCC(CC)C(=O)Nc1cc(SC(CC)C(=O)OC(C)(C)C)c(Cl)cc1F. The van der Waals surface area contributed by atoms with Gasteiger partial charge in [0.25, 0.3) is 0 Å². The van der Waals surface area contributed by atoms with E-state index in [2.05, 4.69) is 5.32 Å². The van der Waals surface area contributed by atoms with Crippen LogP contribution in [0.15, 0.2) is 17.0 Å². The van der Waals surface area contributed by atoms with Crippen molar-refractivity contribution in [1.29, 1.82) is 0 Å². The van der Waals surface area contributed by atoms with Crippen molar-refractivity contribution in [1.82, 2.24) is 0 Å². The molecule has 1 N–H and O–H groups in total. The third-order valence-corrected chi connectivity index (χ3v) is 5.77. The normalized spacial score (nSPS) is 12.8. The van der Waals surface area contributed by atoms with Crippen LogP contribution in [0.1, 0.15) is 60.8 Å². The summed E-state index contributed by atoms with van der Waals surface area (Å²) in [5.74, 6) is -1.36. The van der Waals surface area contributed by atoms with E-state index in [-0.39, 0.29) is 28.5 Å². The Balaban J connectivity index is 3.04. The zero-order chi connectivity index (χ0) is 20.8. The van der Waals surface area contributed by atoms with Gasteiger partial charge >= 0.3 is 5.97 Å². The van der Waals surface area contributed by atoms with E-state index in [1.165, 1.54) is 17.8 Å². The molecule has 1 aromatic carbocycles. The summed E-state index contributed by atoms with van der Waals surface area (Å²) in [5, 5.41) is 2.35. The molecule has 0 aliphatic heterocycles. The summed E-state index contributed by atoms with van der Waals surface area (Å²) in [7, 11) is 0. The number of hydrogen-bond donors (Lipinski definition) is 1. The molecular weight excluding hydrogens is 389 g/mol. The van der Waals surface area contributed by atoms with Crippen molar-refractivity contribution in [3.63, 3.8) is 0 Å². The quantitative estimate of drug-likeness (QED) is 0.412. The third-order valence-electron chi connectivity index (χ3n) is 3.95. The molecule has 152 valence electrons. The summed E-state index contributed by atoms with van der Waals surface area (Å²) in [6.07, 6.45) is 1.88. The van der Waals surface area contributed by atoms with Crippen molar-refractivity contribution in [3.8, 4) is 0 Å². The van der Waals surface area contributed by atoms with E-state index < -0.39 is 16.7 Å². The zero-order valence-corrected chi connectivity index (χ0v) is 18.4. The second-order valence-corrected chi connectivity index (χ2v) is 8.97. The molecule has 0 saturated heterocycles. The lowest BCUT2D eigenvalue weighted by Crippen LogP contribution is -2.30. The van der Waals surface area contributed by atoms with E-state index in [0.717, 1.165) is 6.07 Å². The number of esters is 1. The molecule has 0 aromatic heterocycles. The Kier molecular flexibility index (Phi) is 9.09. The summed E-state index contributed by atoms with van der Waals surface area (Å²) >= 11 is 7.38. The summed E-state index contributed by atoms with van der Waals surface area (Å²) in [4.78, 5) is 25.2. The molecule has 4 nitrogen and oxygen atoms in total. The molecule has 0 spiro atoms. The van der Waals surface area contributed by atoms with Gasteiger partial charge in [0.15, 0.2) is 0 Å². The monoisotopic (exact) mass is 417 g/mol. The molecule has 1 atom stereocenters. The van der Waals surface area contributed by atoms with E-state index in [4.69, 9.17) is 16.3 Å². The first-order valence-electron chi connectivity index (χ1n) is 9.21. The third kappa shape index (κ3) is 7.34. The fraction of sp³-hybridized carbons (Fsp3) is 0.600.